The third-order valence-corrected chi connectivity index (χ3v) is 8.29. The van der Waals surface area contributed by atoms with E-state index in [0.717, 1.165) is 12.8 Å². The van der Waals surface area contributed by atoms with Gasteiger partial charge in [-0.2, -0.15) is 13.2 Å². The van der Waals surface area contributed by atoms with E-state index in [1.807, 2.05) is 0 Å². The van der Waals surface area contributed by atoms with Gasteiger partial charge in [0.15, 0.2) is 5.79 Å². The van der Waals surface area contributed by atoms with Gasteiger partial charge in [0.05, 0.1) is 13.2 Å². The monoisotopic (exact) mass is 360 g/mol. The van der Waals surface area contributed by atoms with Gasteiger partial charge in [-0.1, -0.05) is 13.8 Å². The van der Waals surface area contributed by atoms with Crippen LogP contribution in [0.2, 0.25) is 0 Å². The summed E-state index contributed by atoms with van der Waals surface area (Å²) in [5, 5.41) is 0. The Morgan fingerprint density at radius 3 is 2.44 bits per heavy atom. The molecule has 25 heavy (non-hydrogen) atoms. The topological polar surface area (TPSA) is 44.8 Å². The number of halogens is 3. The lowest BCUT2D eigenvalue weighted by Gasteiger charge is -2.63. The molecule has 1 aliphatic heterocycles. The third-order valence-electron chi connectivity index (χ3n) is 8.29. The summed E-state index contributed by atoms with van der Waals surface area (Å²) >= 11 is 0. The summed E-state index contributed by atoms with van der Waals surface area (Å²) in [5.74, 6) is -2.34. The van der Waals surface area contributed by atoms with E-state index in [4.69, 9.17) is 14.2 Å². The van der Waals surface area contributed by atoms with Gasteiger partial charge in [-0.05, 0) is 42.9 Å². The summed E-state index contributed by atoms with van der Waals surface area (Å²) in [6.45, 7) is 5.29. The van der Waals surface area contributed by atoms with E-state index < -0.39 is 28.9 Å². The Balaban J connectivity index is 1.61. The molecule has 2 spiro atoms. The minimum Gasteiger partial charge on any atom is -0.452 e. The lowest BCUT2D eigenvalue weighted by atomic mass is 9.42. The van der Waals surface area contributed by atoms with E-state index in [9.17, 15) is 18.0 Å². The summed E-state index contributed by atoms with van der Waals surface area (Å²) < 4.78 is 56.3. The maximum Gasteiger partial charge on any atom is 0.490 e. The number of esters is 1. The van der Waals surface area contributed by atoms with E-state index in [1.165, 1.54) is 0 Å². The van der Waals surface area contributed by atoms with Crippen LogP contribution in [0.3, 0.4) is 0 Å². The Kier molecular flexibility index (Phi) is 2.85. The highest BCUT2D eigenvalue weighted by Gasteiger charge is 2.89. The van der Waals surface area contributed by atoms with Crippen LogP contribution in [0.25, 0.3) is 0 Å². The van der Waals surface area contributed by atoms with Crippen molar-refractivity contribution in [2.45, 2.75) is 63.5 Å². The molecular formula is C18H23F3O4. The average Bonchev–Trinajstić information content (AvgIpc) is 3.16. The van der Waals surface area contributed by atoms with E-state index >= 15 is 0 Å². The van der Waals surface area contributed by atoms with Crippen LogP contribution in [0.15, 0.2) is 0 Å². The minimum atomic E-state index is -4.96. The van der Waals surface area contributed by atoms with Gasteiger partial charge in [0.25, 0.3) is 0 Å². The molecule has 0 aromatic carbocycles. The molecule has 4 nitrogen and oxygen atoms in total. The van der Waals surface area contributed by atoms with Crippen molar-refractivity contribution in [3.05, 3.63) is 0 Å². The second kappa shape index (κ2) is 4.35. The molecular weight excluding hydrogens is 337 g/mol. The van der Waals surface area contributed by atoms with Crippen LogP contribution in [-0.2, 0) is 19.0 Å². The summed E-state index contributed by atoms with van der Waals surface area (Å²) in [7, 11) is 0. The van der Waals surface area contributed by atoms with Crippen LogP contribution in [-0.4, -0.2) is 36.7 Å². The molecule has 1 heterocycles. The number of hydrogen-bond donors (Lipinski definition) is 0. The van der Waals surface area contributed by atoms with Crippen LogP contribution in [0.1, 0.15) is 46.0 Å². The zero-order valence-corrected chi connectivity index (χ0v) is 14.4. The summed E-state index contributed by atoms with van der Waals surface area (Å²) in [5.41, 5.74) is -1.57. The maximum absolute atomic E-state index is 13.0. The van der Waals surface area contributed by atoms with Crippen molar-refractivity contribution in [3.63, 3.8) is 0 Å². The fourth-order valence-electron chi connectivity index (χ4n) is 7.87. The average molecular weight is 360 g/mol. The molecule has 0 N–H and O–H groups in total. The normalized spacial score (nSPS) is 52.1. The first-order chi connectivity index (χ1) is 11.6. The van der Waals surface area contributed by atoms with Crippen molar-refractivity contribution in [2.24, 2.45) is 28.6 Å². The van der Waals surface area contributed by atoms with Gasteiger partial charge < -0.3 is 14.2 Å². The molecule has 6 atom stereocenters. The second-order valence-electron chi connectivity index (χ2n) is 9.07. The van der Waals surface area contributed by atoms with Crippen molar-refractivity contribution in [3.8, 4) is 0 Å². The second-order valence-corrected chi connectivity index (χ2v) is 9.07. The van der Waals surface area contributed by atoms with Crippen LogP contribution in [0.4, 0.5) is 13.2 Å². The first-order valence-electron chi connectivity index (χ1n) is 9.18. The number of hydrogen-bond acceptors (Lipinski definition) is 4. The third kappa shape index (κ3) is 1.58. The van der Waals surface area contributed by atoms with Gasteiger partial charge in [-0.15, -0.1) is 0 Å². The van der Waals surface area contributed by atoms with Gasteiger partial charge in [0.1, 0.15) is 5.60 Å². The van der Waals surface area contributed by atoms with E-state index in [-0.39, 0.29) is 23.2 Å². The van der Waals surface area contributed by atoms with Crippen LogP contribution >= 0.6 is 0 Å². The lowest BCUT2D eigenvalue weighted by molar-refractivity contribution is -0.288. The molecule has 0 aromatic heterocycles. The van der Waals surface area contributed by atoms with Crippen molar-refractivity contribution in [2.75, 3.05) is 13.2 Å². The standard InChI is InChI=1S/C18H23F3O4/c1-10-7-15(25-13(22)18(19,20)21)4-3-14(2)9-12-16(23-5-6-24-16)8-11(10)17(12,14)15/h10-12H,3-9H2,1-2H3/t10-,11?,12+,14-,15+,17?/m1/s1. The highest BCUT2D eigenvalue weighted by Crippen LogP contribution is 2.87. The molecule has 2 unspecified atom stereocenters. The molecule has 140 valence electrons. The van der Waals surface area contributed by atoms with Gasteiger partial charge in [0.2, 0.25) is 0 Å². The summed E-state index contributed by atoms with van der Waals surface area (Å²) in [4.78, 5) is 11.8. The minimum absolute atomic E-state index is 0.0194. The Labute approximate surface area is 144 Å². The number of alkyl halides is 3. The van der Waals surface area contributed by atoms with E-state index in [1.54, 1.807) is 0 Å². The molecule has 7 heteroatoms. The number of carbonyl (C=O) groups is 1. The van der Waals surface area contributed by atoms with E-state index in [0.29, 0.717) is 32.5 Å². The Morgan fingerprint density at radius 2 is 1.80 bits per heavy atom. The molecule has 4 aliphatic carbocycles. The number of fused-ring (bicyclic) bond motifs is 1. The largest absolute Gasteiger partial charge is 0.490 e. The Hall–Kier alpha value is -0.820. The summed E-state index contributed by atoms with van der Waals surface area (Å²) in [6.07, 6.45) is -1.54. The van der Waals surface area contributed by atoms with Crippen LogP contribution < -0.4 is 0 Å². The molecule has 1 saturated heterocycles. The van der Waals surface area contributed by atoms with Crippen LogP contribution in [0, 0.1) is 28.6 Å². The van der Waals surface area contributed by atoms with Gasteiger partial charge in [-0.3, -0.25) is 0 Å². The maximum atomic E-state index is 13.0. The molecule has 0 amide bonds. The zero-order chi connectivity index (χ0) is 17.9. The molecule has 0 aromatic rings. The molecule has 4 saturated carbocycles. The van der Waals surface area contributed by atoms with Gasteiger partial charge in [-0.25, -0.2) is 4.79 Å². The first-order valence-corrected chi connectivity index (χ1v) is 9.18. The predicted octanol–water partition coefficient (Wildman–Crippen LogP) is 3.44. The highest BCUT2D eigenvalue weighted by molar-refractivity contribution is 5.76. The van der Waals surface area contributed by atoms with Crippen molar-refractivity contribution >= 4 is 5.97 Å². The fourth-order valence-corrected chi connectivity index (χ4v) is 7.87. The van der Waals surface area contributed by atoms with Crippen molar-refractivity contribution in [1.29, 1.82) is 0 Å². The quantitative estimate of drug-likeness (QED) is 0.672. The number of rotatable bonds is 1. The van der Waals surface area contributed by atoms with Crippen LogP contribution in [0.5, 0.6) is 0 Å². The SMILES string of the molecule is C[C@@H]1C[C@@]2(OC(=O)C(F)(F)F)CC[C@]3(C)C[C@H]4C5(CC1C432)OCCO5. The highest BCUT2D eigenvalue weighted by atomic mass is 19.4. The summed E-state index contributed by atoms with van der Waals surface area (Å²) in [6, 6.07) is 0. The molecule has 0 bridgehead atoms. The van der Waals surface area contributed by atoms with Crippen molar-refractivity contribution < 1.29 is 32.2 Å². The predicted molar refractivity (Wildman–Crippen MR) is 79.3 cm³/mol. The molecule has 5 rings (SSSR count). The van der Waals surface area contributed by atoms with Gasteiger partial charge in [0, 0.05) is 17.8 Å². The molecule has 5 fully saturated rings. The molecule has 5 aliphatic rings. The first kappa shape index (κ1) is 16.4. The number of carbonyl (C=O) groups excluding carboxylic acids is 1. The fraction of sp³-hybridized carbons (Fsp3) is 0.944. The number of ether oxygens (including phenoxy) is 3. The smallest absolute Gasteiger partial charge is 0.452 e. The Bertz CT molecular complexity index is 643. The zero-order valence-electron chi connectivity index (χ0n) is 14.4. The van der Waals surface area contributed by atoms with Gasteiger partial charge >= 0.3 is 12.1 Å². The lowest BCUT2D eigenvalue weighted by Crippen LogP contribution is -2.66. The Morgan fingerprint density at radius 1 is 1.12 bits per heavy atom. The van der Waals surface area contributed by atoms with E-state index in [2.05, 4.69) is 13.8 Å². The van der Waals surface area contributed by atoms with Crippen molar-refractivity contribution in [1.82, 2.24) is 0 Å². The molecule has 0 radical (unpaired) electrons.